The summed E-state index contributed by atoms with van der Waals surface area (Å²) in [5.41, 5.74) is 11.4. The molecule has 0 radical (unpaired) electrons. The molecule has 2 aromatic carbocycles. The summed E-state index contributed by atoms with van der Waals surface area (Å²) in [6.45, 7) is 11.8. The molecule has 0 aliphatic carbocycles. The zero-order valence-electron chi connectivity index (χ0n) is 17.2. The summed E-state index contributed by atoms with van der Waals surface area (Å²) < 4.78 is 2.44. The fourth-order valence-corrected chi connectivity index (χ4v) is 3.86. The van der Waals surface area contributed by atoms with Crippen LogP contribution in [-0.2, 0) is 6.54 Å². The van der Waals surface area contributed by atoms with Crippen LogP contribution in [0.5, 0.6) is 0 Å². The molecule has 0 saturated carbocycles. The van der Waals surface area contributed by atoms with E-state index in [4.69, 9.17) is 4.98 Å². The number of hydrogen-bond donors (Lipinski definition) is 0. The highest BCUT2D eigenvalue weighted by atomic mass is 35.5. The Hall–Kier alpha value is -2.58. The number of halogens is 1. The lowest BCUT2D eigenvalue weighted by Gasteiger charge is -2.14. The molecule has 0 aliphatic rings. The molecule has 0 spiro atoms. The number of pyridine rings is 1. The van der Waals surface area contributed by atoms with Crippen molar-refractivity contribution >= 4 is 23.3 Å². The Bertz CT molecular complexity index is 1140. The van der Waals surface area contributed by atoms with Gasteiger partial charge in [-0.1, -0.05) is 53.6 Å². The monoisotopic (exact) mass is 390 g/mol. The van der Waals surface area contributed by atoms with Crippen LogP contribution in [0.1, 0.15) is 33.5 Å². The maximum Gasteiger partial charge on any atom is 0.0945 e. The van der Waals surface area contributed by atoms with Gasteiger partial charge in [0.1, 0.15) is 0 Å². The van der Waals surface area contributed by atoms with Crippen LogP contribution in [-0.4, -0.2) is 9.55 Å². The zero-order valence-corrected chi connectivity index (χ0v) is 18.0. The van der Waals surface area contributed by atoms with Gasteiger partial charge in [0.2, 0.25) is 0 Å². The van der Waals surface area contributed by atoms with Crippen LogP contribution in [0.4, 0.5) is 0 Å². The van der Waals surface area contributed by atoms with Gasteiger partial charge in [-0.3, -0.25) is 4.98 Å². The third-order valence-corrected chi connectivity index (χ3v) is 5.70. The van der Waals surface area contributed by atoms with Crippen molar-refractivity contribution in [2.75, 3.05) is 0 Å². The summed E-state index contributed by atoms with van der Waals surface area (Å²) in [4.78, 5) is 4.78. The fourth-order valence-electron chi connectivity index (χ4n) is 3.86. The van der Waals surface area contributed by atoms with Gasteiger partial charge in [0.25, 0.3) is 0 Å². The molecule has 0 N–H and O–H groups in total. The van der Waals surface area contributed by atoms with E-state index in [1.807, 2.05) is 6.20 Å². The lowest BCUT2D eigenvalue weighted by atomic mass is 10.0. The summed E-state index contributed by atoms with van der Waals surface area (Å²) in [7, 11) is 0. The molecule has 0 aliphatic heterocycles. The Labute approximate surface area is 173 Å². The van der Waals surface area contributed by atoms with Gasteiger partial charge in [-0.05, 0) is 57.4 Å². The molecule has 144 valence electrons. The SMILES string of the molecule is Cc1ccc(-c2nccc3c(C)c(C)n(Cc4cc(C)ccc4C)c23)cc1.Cl. The first kappa shape index (κ1) is 20.2. The Morgan fingerprint density at radius 2 is 1.50 bits per heavy atom. The fraction of sp³-hybridized carbons (Fsp3) is 0.240. The third kappa shape index (κ3) is 3.45. The molecular formula is C25H27ClN2. The maximum absolute atomic E-state index is 4.78. The average Bonchev–Trinajstić information content (AvgIpc) is 2.90. The summed E-state index contributed by atoms with van der Waals surface area (Å²) in [5, 5.41) is 1.29. The van der Waals surface area contributed by atoms with Crippen LogP contribution in [0.2, 0.25) is 0 Å². The first-order chi connectivity index (χ1) is 13.0. The first-order valence-corrected chi connectivity index (χ1v) is 9.53. The molecular weight excluding hydrogens is 364 g/mol. The summed E-state index contributed by atoms with van der Waals surface area (Å²) in [5.74, 6) is 0. The van der Waals surface area contributed by atoms with Crippen LogP contribution in [0.25, 0.3) is 22.2 Å². The van der Waals surface area contributed by atoms with Gasteiger partial charge in [0.05, 0.1) is 11.2 Å². The van der Waals surface area contributed by atoms with E-state index in [1.165, 1.54) is 50.0 Å². The highest BCUT2D eigenvalue weighted by Gasteiger charge is 2.17. The molecule has 28 heavy (non-hydrogen) atoms. The molecule has 3 heteroatoms. The molecule has 4 rings (SSSR count). The van der Waals surface area contributed by atoms with Crippen molar-refractivity contribution in [3.63, 3.8) is 0 Å². The molecule has 2 heterocycles. The molecule has 0 amide bonds. The number of nitrogens with zero attached hydrogens (tertiary/aromatic N) is 2. The van der Waals surface area contributed by atoms with Gasteiger partial charge in [0, 0.05) is 29.4 Å². The third-order valence-electron chi connectivity index (χ3n) is 5.70. The lowest BCUT2D eigenvalue weighted by Crippen LogP contribution is -2.05. The summed E-state index contributed by atoms with van der Waals surface area (Å²) in [6, 6.07) is 17.5. The standard InChI is InChI=1S/C25H26N2.ClH/c1-16-7-10-21(11-8-16)24-25-23(12-13-26-24)19(4)20(5)27(25)15-22-14-17(2)6-9-18(22)3;/h6-14H,15H2,1-5H3;1H. The number of aryl methyl sites for hydroxylation is 4. The summed E-state index contributed by atoms with van der Waals surface area (Å²) >= 11 is 0. The van der Waals surface area contributed by atoms with Gasteiger partial charge in [-0.25, -0.2) is 0 Å². The number of benzene rings is 2. The van der Waals surface area contributed by atoms with Gasteiger partial charge in [-0.15, -0.1) is 12.4 Å². The second-order valence-electron chi connectivity index (χ2n) is 7.65. The van der Waals surface area contributed by atoms with Gasteiger partial charge < -0.3 is 4.57 Å². The first-order valence-electron chi connectivity index (χ1n) is 9.53. The van der Waals surface area contributed by atoms with Crippen molar-refractivity contribution in [3.8, 4) is 11.3 Å². The van der Waals surface area contributed by atoms with Crippen LogP contribution in [0.3, 0.4) is 0 Å². The molecule has 4 aromatic rings. The molecule has 0 atom stereocenters. The maximum atomic E-state index is 4.78. The number of aromatic nitrogens is 2. The minimum absolute atomic E-state index is 0. The smallest absolute Gasteiger partial charge is 0.0945 e. The van der Waals surface area contributed by atoms with Crippen molar-refractivity contribution in [2.45, 2.75) is 41.2 Å². The van der Waals surface area contributed by atoms with E-state index in [9.17, 15) is 0 Å². The van der Waals surface area contributed by atoms with E-state index in [-0.39, 0.29) is 12.4 Å². The van der Waals surface area contributed by atoms with Gasteiger partial charge in [0.15, 0.2) is 0 Å². The quantitative estimate of drug-likeness (QED) is 0.379. The van der Waals surface area contributed by atoms with Crippen molar-refractivity contribution in [1.82, 2.24) is 9.55 Å². The van der Waals surface area contributed by atoms with Crippen molar-refractivity contribution in [1.29, 1.82) is 0 Å². The molecule has 0 unspecified atom stereocenters. The van der Waals surface area contributed by atoms with Crippen molar-refractivity contribution < 1.29 is 0 Å². The second-order valence-corrected chi connectivity index (χ2v) is 7.65. The van der Waals surface area contributed by atoms with E-state index in [1.54, 1.807) is 0 Å². The van der Waals surface area contributed by atoms with E-state index in [2.05, 4.69) is 87.7 Å². The molecule has 0 fully saturated rings. The van der Waals surface area contributed by atoms with Crippen LogP contribution in [0.15, 0.2) is 54.7 Å². The molecule has 0 saturated heterocycles. The van der Waals surface area contributed by atoms with E-state index in [0.717, 1.165) is 12.2 Å². The normalized spacial score (nSPS) is 10.9. The predicted octanol–water partition coefficient (Wildman–Crippen LogP) is 6.72. The van der Waals surface area contributed by atoms with E-state index < -0.39 is 0 Å². The minimum Gasteiger partial charge on any atom is -0.338 e. The predicted molar refractivity (Wildman–Crippen MR) is 122 cm³/mol. The summed E-state index contributed by atoms with van der Waals surface area (Å²) in [6.07, 6.45) is 1.94. The Morgan fingerprint density at radius 1 is 0.821 bits per heavy atom. The van der Waals surface area contributed by atoms with Crippen LogP contribution >= 0.6 is 12.4 Å². The minimum atomic E-state index is 0. The van der Waals surface area contributed by atoms with Gasteiger partial charge >= 0.3 is 0 Å². The van der Waals surface area contributed by atoms with Crippen LogP contribution < -0.4 is 0 Å². The topological polar surface area (TPSA) is 17.8 Å². The van der Waals surface area contributed by atoms with Crippen molar-refractivity contribution in [3.05, 3.63) is 88.2 Å². The largest absolute Gasteiger partial charge is 0.338 e. The molecule has 2 nitrogen and oxygen atoms in total. The zero-order chi connectivity index (χ0) is 19.1. The lowest BCUT2D eigenvalue weighted by molar-refractivity contribution is 0.794. The number of hydrogen-bond acceptors (Lipinski definition) is 1. The second kappa shape index (κ2) is 7.81. The van der Waals surface area contributed by atoms with Crippen LogP contribution in [0, 0.1) is 34.6 Å². The Balaban J connectivity index is 0.00000225. The molecule has 2 aromatic heterocycles. The number of fused-ring (bicyclic) bond motifs is 1. The highest BCUT2D eigenvalue weighted by molar-refractivity contribution is 5.95. The van der Waals surface area contributed by atoms with Gasteiger partial charge in [-0.2, -0.15) is 0 Å². The molecule has 0 bridgehead atoms. The average molecular weight is 391 g/mol. The number of rotatable bonds is 3. The Morgan fingerprint density at radius 3 is 2.21 bits per heavy atom. The highest BCUT2D eigenvalue weighted by Crippen LogP contribution is 2.33. The Kier molecular flexibility index (Phi) is 5.62. The van der Waals surface area contributed by atoms with Crippen molar-refractivity contribution in [2.24, 2.45) is 0 Å². The van der Waals surface area contributed by atoms with E-state index >= 15 is 0 Å². The van der Waals surface area contributed by atoms with E-state index in [0.29, 0.717) is 0 Å².